The number of aromatic carboxylic acids is 1. The summed E-state index contributed by atoms with van der Waals surface area (Å²) < 4.78 is 0. The Balaban J connectivity index is 2.02. The first kappa shape index (κ1) is 13.5. The Morgan fingerprint density at radius 2 is 2.05 bits per heavy atom. The molecule has 0 aliphatic rings. The Kier molecular flexibility index (Phi) is 4.16. The predicted octanol–water partition coefficient (Wildman–Crippen LogP) is 2.83. The quantitative estimate of drug-likeness (QED) is 0.912. The lowest BCUT2D eigenvalue weighted by molar-refractivity contribution is 0.0690. The molecular formula is C14H16N2O2S. The van der Waals surface area contributed by atoms with Crippen LogP contribution in [0.3, 0.4) is 0 Å². The van der Waals surface area contributed by atoms with E-state index in [9.17, 15) is 4.79 Å². The minimum Gasteiger partial charge on any atom is -0.476 e. The number of carbonyl (C=O) groups is 1. The van der Waals surface area contributed by atoms with Crippen molar-refractivity contribution >= 4 is 22.4 Å². The van der Waals surface area contributed by atoms with Crippen molar-refractivity contribution in [3.8, 4) is 0 Å². The third-order valence-corrected chi connectivity index (χ3v) is 3.98. The van der Waals surface area contributed by atoms with E-state index in [1.54, 1.807) is 6.92 Å². The second-order valence-electron chi connectivity index (χ2n) is 4.36. The molecule has 0 atom stereocenters. The number of carboxylic acid groups (broad SMARTS) is 1. The third-order valence-electron chi connectivity index (χ3n) is 2.89. The number of hydrogen-bond acceptors (Lipinski definition) is 4. The maximum absolute atomic E-state index is 11.0. The highest BCUT2D eigenvalue weighted by atomic mass is 32.1. The van der Waals surface area contributed by atoms with E-state index < -0.39 is 5.97 Å². The van der Waals surface area contributed by atoms with Crippen LogP contribution in [0.1, 0.15) is 20.9 Å². The van der Waals surface area contributed by atoms with Gasteiger partial charge in [-0.1, -0.05) is 30.3 Å². The van der Waals surface area contributed by atoms with Crippen molar-refractivity contribution in [2.75, 3.05) is 18.5 Å². The highest BCUT2D eigenvalue weighted by molar-refractivity contribution is 7.15. The van der Waals surface area contributed by atoms with E-state index in [-0.39, 0.29) is 5.69 Å². The zero-order chi connectivity index (χ0) is 13.8. The number of hydrogen-bond donors (Lipinski definition) is 1. The van der Waals surface area contributed by atoms with Crippen molar-refractivity contribution in [2.45, 2.75) is 13.3 Å². The Morgan fingerprint density at radius 1 is 1.37 bits per heavy atom. The second-order valence-corrected chi connectivity index (χ2v) is 5.55. The summed E-state index contributed by atoms with van der Waals surface area (Å²) in [4.78, 5) is 17.9. The average molecular weight is 276 g/mol. The summed E-state index contributed by atoms with van der Waals surface area (Å²) in [7, 11) is 1.94. The SMILES string of the molecule is Cc1sc(N(C)CCc2ccccc2)nc1C(=O)O. The standard InChI is InChI=1S/C14H16N2O2S/c1-10-12(13(17)18)15-14(19-10)16(2)9-8-11-6-4-3-5-7-11/h3-7H,8-9H2,1-2H3,(H,17,18). The number of benzene rings is 1. The highest BCUT2D eigenvalue weighted by Gasteiger charge is 2.16. The minimum absolute atomic E-state index is 0.159. The fourth-order valence-corrected chi connectivity index (χ4v) is 2.67. The van der Waals surface area contributed by atoms with E-state index in [1.807, 2.05) is 30.1 Å². The van der Waals surface area contributed by atoms with Gasteiger partial charge in [0.2, 0.25) is 0 Å². The summed E-state index contributed by atoms with van der Waals surface area (Å²) in [6.07, 6.45) is 0.915. The monoisotopic (exact) mass is 276 g/mol. The Hall–Kier alpha value is -1.88. The molecule has 1 aromatic heterocycles. The van der Waals surface area contributed by atoms with Crippen LogP contribution in [0.15, 0.2) is 30.3 Å². The molecule has 0 aliphatic carbocycles. The highest BCUT2D eigenvalue weighted by Crippen LogP contribution is 2.24. The molecule has 0 aliphatic heterocycles. The van der Waals surface area contributed by atoms with Gasteiger partial charge in [-0.2, -0.15) is 0 Å². The summed E-state index contributed by atoms with van der Waals surface area (Å²) in [5.41, 5.74) is 1.42. The maximum Gasteiger partial charge on any atom is 0.355 e. The summed E-state index contributed by atoms with van der Waals surface area (Å²) in [5, 5.41) is 9.75. The van der Waals surface area contributed by atoms with Crippen LogP contribution >= 0.6 is 11.3 Å². The molecule has 0 spiro atoms. The van der Waals surface area contributed by atoms with Gasteiger partial charge in [-0.15, -0.1) is 11.3 Å². The van der Waals surface area contributed by atoms with Gasteiger partial charge in [-0.25, -0.2) is 9.78 Å². The van der Waals surface area contributed by atoms with Gasteiger partial charge in [-0.05, 0) is 18.9 Å². The van der Waals surface area contributed by atoms with Crippen molar-refractivity contribution in [1.82, 2.24) is 4.98 Å². The molecular weight excluding hydrogens is 260 g/mol. The number of likely N-dealkylation sites (N-methyl/N-ethyl adjacent to an activating group) is 1. The van der Waals surface area contributed by atoms with Gasteiger partial charge < -0.3 is 10.0 Å². The molecule has 2 rings (SSSR count). The lowest BCUT2D eigenvalue weighted by Crippen LogP contribution is -2.20. The Bertz CT molecular complexity index is 566. The van der Waals surface area contributed by atoms with E-state index in [2.05, 4.69) is 17.1 Å². The summed E-state index contributed by atoms with van der Waals surface area (Å²) in [6, 6.07) is 10.2. The Labute approximate surface area is 116 Å². The van der Waals surface area contributed by atoms with E-state index >= 15 is 0 Å². The summed E-state index contributed by atoms with van der Waals surface area (Å²) in [6.45, 7) is 2.60. The second kappa shape index (κ2) is 5.84. The van der Waals surface area contributed by atoms with Crippen LogP contribution in [0.5, 0.6) is 0 Å². The van der Waals surface area contributed by atoms with Crippen LogP contribution in [-0.4, -0.2) is 29.7 Å². The van der Waals surface area contributed by atoms with Crippen LogP contribution < -0.4 is 4.90 Å². The third kappa shape index (κ3) is 3.32. The number of carboxylic acids is 1. The summed E-state index contributed by atoms with van der Waals surface area (Å²) >= 11 is 1.42. The smallest absolute Gasteiger partial charge is 0.355 e. The van der Waals surface area contributed by atoms with Crippen molar-refractivity contribution in [1.29, 1.82) is 0 Å². The molecule has 2 aromatic rings. The number of anilines is 1. The van der Waals surface area contributed by atoms with Gasteiger partial charge in [-0.3, -0.25) is 0 Å². The van der Waals surface area contributed by atoms with Gasteiger partial charge in [0, 0.05) is 18.5 Å². The maximum atomic E-state index is 11.0. The molecule has 0 saturated carbocycles. The lowest BCUT2D eigenvalue weighted by atomic mass is 10.1. The molecule has 4 nitrogen and oxygen atoms in total. The normalized spacial score (nSPS) is 10.4. The fourth-order valence-electron chi connectivity index (χ4n) is 1.78. The van der Waals surface area contributed by atoms with Gasteiger partial charge in [0.25, 0.3) is 0 Å². The van der Waals surface area contributed by atoms with Crippen LogP contribution in [0.2, 0.25) is 0 Å². The van der Waals surface area contributed by atoms with Crippen LogP contribution in [0.25, 0.3) is 0 Å². The molecule has 0 fully saturated rings. The molecule has 0 amide bonds. The van der Waals surface area contributed by atoms with E-state index in [1.165, 1.54) is 16.9 Å². The lowest BCUT2D eigenvalue weighted by Gasteiger charge is -2.15. The average Bonchev–Trinajstić information content (AvgIpc) is 2.79. The number of aryl methyl sites for hydroxylation is 1. The van der Waals surface area contributed by atoms with E-state index in [4.69, 9.17) is 5.11 Å². The molecule has 100 valence electrons. The minimum atomic E-state index is -0.962. The van der Waals surface area contributed by atoms with Crippen LogP contribution in [-0.2, 0) is 6.42 Å². The predicted molar refractivity (Wildman–Crippen MR) is 77.2 cm³/mol. The first-order valence-corrected chi connectivity index (χ1v) is 6.85. The van der Waals surface area contributed by atoms with E-state index in [0.29, 0.717) is 0 Å². The first-order chi connectivity index (χ1) is 9.08. The molecule has 1 aromatic carbocycles. The topological polar surface area (TPSA) is 53.4 Å². The zero-order valence-electron chi connectivity index (χ0n) is 11.0. The molecule has 0 saturated heterocycles. The van der Waals surface area contributed by atoms with Gasteiger partial charge >= 0.3 is 5.97 Å². The van der Waals surface area contributed by atoms with Crippen LogP contribution in [0, 0.1) is 6.92 Å². The largest absolute Gasteiger partial charge is 0.476 e. The molecule has 1 N–H and O–H groups in total. The molecule has 0 radical (unpaired) electrons. The van der Waals surface area contributed by atoms with Gasteiger partial charge in [0.1, 0.15) is 0 Å². The molecule has 19 heavy (non-hydrogen) atoms. The van der Waals surface area contributed by atoms with Crippen molar-refractivity contribution in [3.05, 3.63) is 46.5 Å². The molecule has 5 heteroatoms. The van der Waals surface area contributed by atoms with Crippen molar-refractivity contribution in [2.24, 2.45) is 0 Å². The molecule has 0 unspecified atom stereocenters. The Morgan fingerprint density at radius 3 is 2.63 bits per heavy atom. The number of thiazole rings is 1. The van der Waals surface area contributed by atoms with Gasteiger partial charge in [0.15, 0.2) is 10.8 Å². The molecule has 1 heterocycles. The first-order valence-electron chi connectivity index (χ1n) is 6.03. The number of rotatable bonds is 5. The van der Waals surface area contributed by atoms with Gasteiger partial charge in [0.05, 0.1) is 0 Å². The van der Waals surface area contributed by atoms with Crippen molar-refractivity contribution < 1.29 is 9.90 Å². The number of nitrogens with zero attached hydrogens (tertiary/aromatic N) is 2. The number of aromatic nitrogens is 1. The summed E-state index contributed by atoms with van der Waals surface area (Å²) in [5.74, 6) is -0.962. The van der Waals surface area contributed by atoms with E-state index in [0.717, 1.165) is 23.0 Å². The fraction of sp³-hybridized carbons (Fsp3) is 0.286. The van der Waals surface area contributed by atoms with Crippen LogP contribution in [0.4, 0.5) is 5.13 Å². The van der Waals surface area contributed by atoms with Crippen molar-refractivity contribution in [3.63, 3.8) is 0 Å². The zero-order valence-corrected chi connectivity index (χ0v) is 11.8. The molecule has 0 bridgehead atoms.